The maximum atomic E-state index is 14.0. The number of ether oxygens (including phenoxy) is 4. The van der Waals surface area contributed by atoms with Crippen LogP contribution in [0.1, 0.15) is 87.5 Å². The highest BCUT2D eigenvalue weighted by Crippen LogP contribution is 2.40. The van der Waals surface area contributed by atoms with E-state index in [1.54, 1.807) is 27.7 Å². The van der Waals surface area contributed by atoms with Gasteiger partial charge in [-0.15, -0.1) is 0 Å². The normalized spacial score (nSPS) is 40.1. The van der Waals surface area contributed by atoms with Crippen LogP contribution < -0.4 is 10.6 Å². The Balaban J connectivity index is 2.69. The molecular weight excluding hydrogens is 672 g/mol. The van der Waals surface area contributed by atoms with Crippen LogP contribution in [0.15, 0.2) is 0 Å². The summed E-state index contributed by atoms with van der Waals surface area (Å²) in [7, 11) is 9.30. The minimum Gasteiger partial charge on any atom is -0.461 e. The van der Waals surface area contributed by atoms with Gasteiger partial charge in [-0.25, -0.2) is 0 Å². The van der Waals surface area contributed by atoms with Crippen molar-refractivity contribution in [3.05, 3.63) is 0 Å². The second-order valence-electron chi connectivity index (χ2n) is 16.5. The maximum absolute atomic E-state index is 14.0. The topological polar surface area (TPSA) is 179 Å². The van der Waals surface area contributed by atoms with Gasteiger partial charge in [-0.05, 0) is 87.5 Å². The molecule has 1 heterocycles. The predicted octanol–water partition coefficient (Wildman–Crippen LogP) is 1.57. The van der Waals surface area contributed by atoms with Gasteiger partial charge in [0.15, 0.2) is 0 Å². The van der Waals surface area contributed by atoms with Crippen LogP contribution in [-0.2, 0) is 33.3 Å². The van der Waals surface area contributed by atoms with E-state index in [4.69, 9.17) is 18.9 Å². The van der Waals surface area contributed by atoms with Crippen LogP contribution in [0.4, 0.5) is 0 Å². The highest BCUT2D eigenvalue weighted by atomic mass is 16.6. The van der Waals surface area contributed by atoms with E-state index in [1.165, 1.54) is 14.0 Å². The number of hydrogen-bond acceptors (Lipinski definition) is 13. The van der Waals surface area contributed by atoms with Gasteiger partial charge in [0, 0.05) is 44.6 Å². The molecule has 14 heteroatoms. The summed E-state index contributed by atoms with van der Waals surface area (Å²) in [6.45, 7) is 15.6. The van der Waals surface area contributed by atoms with Crippen molar-refractivity contribution in [2.45, 2.75) is 147 Å². The smallest absolute Gasteiger partial charge is 0.312 e. The molecule has 0 aromatic carbocycles. The number of likely N-dealkylation sites (N-methyl/N-ethyl adjacent to an activating group) is 2. The van der Waals surface area contributed by atoms with Gasteiger partial charge >= 0.3 is 11.9 Å². The first-order chi connectivity index (χ1) is 24.1. The molecule has 1 aliphatic carbocycles. The maximum Gasteiger partial charge on any atom is 0.312 e. The average molecular weight is 745 g/mol. The molecule has 2 aliphatic rings. The molecule has 2 rings (SSSR count). The Morgan fingerprint density at radius 1 is 1.04 bits per heavy atom. The number of methoxy groups -OCH3 is 1. The minimum absolute atomic E-state index is 0.0441. The molecule has 2 fully saturated rings. The number of amides is 1. The number of carbonyl (C=O) groups excluding carboxylic acids is 3. The number of nitrogens with zero attached hydrogens (tertiary/aromatic N) is 2. The molecule has 0 aromatic heterocycles. The van der Waals surface area contributed by atoms with Gasteiger partial charge < -0.3 is 54.7 Å². The highest BCUT2D eigenvalue weighted by molar-refractivity contribution is 5.79. The summed E-state index contributed by atoms with van der Waals surface area (Å²) < 4.78 is 25.3. The highest BCUT2D eigenvalue weighted by Gasteiger charge is 2.51. The first-order valence-corrected chi connectivity index (χ1v) is 19.1. The van der Waals surface area contributed by atoms with Crippen LogP contribution in [0, 0.1) is 23.7 Å². The molecule has 0 bridgehead atoms. The third-order valence-electron chi connectivity index (χ3n) is 11.4. The largest absolute Gasteiger partial charge is 0.461 e. The summed E-state index contributed by atoms with van der Waals surface area (Å²) >= 11 is 0. The summed E-state index contributed by atoms with van der Waals surface area (Å²) in [4.78, 5) is 45.2. The molecule has 1 saturated heterocycles. The van der Waals surface area contributed by atoms with Crippen LogP contribution in [0.25, 0.3) is 0 Å². The van der Waals surface area contributed by atoms with Crippen molar-refractivity contribution in [3.8, 4) is 0 Å². The summed E-state index contributed by atoms with van der Waals surface area (Å²) in [5.74, 6) is -3.83. The van der Waals surface area contributed by atoms with Gasteiger partial charge in [-0.1, -0.05) is 27.7 Å². The molecule has 5 N–H and O–H groups in total. The van der Waals surface area contributed by atoms with Crippen molar-refractivity contribution in [1.82, 2.24) is 20.4 Å². The fourth-order valence-corrected chi connectivity index (χ4v) is 7.92. The predicted molar refractivity (Wildman–Crippen MR) is 198 cm³/mol. The fourth-order valence-electron chi connectivity index (χ4n) is 7.92. The second kappa shape index (κ2) is 20.1. The Morgan fingerprint density at radius 2 is 1.67 bits per heavy atom. The van der Waals surface area contributed by atoms with Gasteiger partial charge in [0.25, 0.3) is 0 Å². The molecule has 52 heavy (non-hydrogen) atoms. The van der Waals surface area contributed by atoms with Gasteiger partial charge in [-0.3, -0.25) is 14.4 Å². The molecule has 0 unspecified atom stereocenters. The lowest BCUT2D eigenvalue weighted by Gasteiger charge is -2.48. The van der Waals surface area contributed by atoms with Crippen molar-refractivity contribution in [1.29, 1.82) is 0 Å². The lowest BCUT2D eigenvalue weighted by Crippen LogP contribution is -2.59. The number of carbonyl (C=O) groups is 3. The Hall–Kier alpha value is -1.91. The second-order valence-corrected chi connectivity index (χ2v) is 16.5. The SMILES string of the molecule is CC[C@H]1OC(=O)[C@H](C)[C@@H](OC(=O)CCNCCN(C)C)[C@H](C)[C@@H](O[C@@H]2C[C@H](C)C[C@H](N(C)C)[C@H]2O)[C@](C)(OC)C[C@@H](C)C(=O)N[C@H](C)[C@@H](O)[C@]1(C)O. The first kappa shape index (κ1) is 46.2. The number of cyclic esters (lactones) is 1. The summed E-state index contributed by atoms with van der Waals surface area (Å²) in [6, 6.07) is -1.07. The standard InChI is InChI=1S/C38H72N4O10/c1-14-29-38(8,48)33(45)26(6)40-35(46)23(3)21-37(7,49-13)34(50-28-20-22(2)19-27(31(28)44)42(11)12)24(4)32(25(5)36(47)51-29)52-30(43)15-16-39-17-18-41(9)10/h22-29,31-34,39,44-45,48H,14-21H2,1-13H3,(H,40,46)/t22-,23-,24+,25-,26-,27+,28-,29-,31-,32+,33-,34-,37-,38-/m1/s1. The zero-order valence-electron chi connectivity index (χ0n) is 34.2. The lowest BCUT2D eigenvalue weighted by atomic mass is 9.76. The van der Waals surface area contributed by atoms with Gasteiger partial charge in [0.05, 0.1) is 42.3 Å². The first-order valence-electron chi connectivity index (χ1n) is 19.1. The molecule has 1 aliphatic heterocycles. The lowest BCUT2D eigenvalue weighted by molar-refractivity contribution is -0.221. The molecule has 304 valence electrons. The van der Waals surface area contributed by atoms with E-state index in [-0.39, 0.29) is 37.1 Å². The molecule has 14 nitrogen and oxygen atoms in total. The third-order valence-corrected chi connectivity index (χ3v) is 11.4. The molecule has 0 spiro atoms. The van der Waals surface area contributed by atoms with E-state index in [9.17, 15) is 29.7 Å². The number of nitrogens with one attached hydrogen (secondary N) is 2. The third kappa shape index (κ3) is 12.0. The molecule has 14 atom stereocenters. The van der Waals surface area contributed by atoms with Crippen LogP contribution in [0.3, 0.4) is 0 Å². The Morgan fingerprint density at radius 3 is 2.23 bits per heavy atom. The number of aliphatic hydroxyl groups excluding tert-OH is 2. The summed E-state index contributed by atoms with van der Waals surface area (Å²) in [6.07, 6.45) is -4.38. The fraction of sp³-hybridized carbons (Fsp3) is 0.921. The van der Waals surface area contributed by atoms with Crippen molar-refractivity contribution in [2.24, 2.45) is 23.7 Å². The van der Waals surface area contributed by atoms with Crippen molar-refractivity contribution in [3.63, 3.8) is 0 Å². The molecule has 0 aromatic rings. The van der Waals surface area contributed by atoms with Crippen molar-refractivity contribution >= 4 is 17.8 Å². The van der Waals surface area contributed by atoms with Gasteiger partial charge in [0.2, 0.25) is 5.91 Å². The Kier molecular flexibility index (Phi) is 17.9. The van der Waals surface area contributed by atoms with E-state index < -0.39 is 83.6 Å². The van der Waals surface area contributed by atoms with Crippen molar-refractivity contribution in [2.75, 3.05) is 54.9 Å². The van der Waals surface area contributed by atoms with Crippen molar-refractivity contribution < 1.29 is 48.7 Å². The summed E-state index contributed by atoms with van der Waals surface area (Å²) in [5.41, 5.74) is -3.12. The Bertz CT molecular complexity index is 1140. The van der Waals surface area contributed by atoms with Crippen LogP contribution in [0.2, 0.25) is 0 Å². The Labute approximate surface area is 312 Å². The van der Waals surface area contributed by atoms with Crippen LogP contribution in [-0.4, -0.2) is 158 Å². The zero-order valence-corrected chi connectivity index (χ0v) is 34.2. The van der Waals surface area contributed by atoms with E-state index in [0.29, 0.717) is 19.5 Å². The molecule has 1 saturated carbocycles. The van der Waals surface area contributed by atoms with Gasteiger partial charge in [0.1, 0.15) is 23.9 Å². The zero-order chi connectivity index (χ0) is 39.7. The van der Waals surface area contributed by atoms with E-state index in [2.05, 4.69) is 17.6 Å². The molecular formula is C38H72N4O10. The minimum atomic E-state index is -1.93. The van der Waals surface area contributed by atoms with E-state index in [1.807, 2.05) is 51.8 Å². The number of hydrogen-bond donors (Lipinski definition) is 5. The van der Waals surface area contributed by atoms with E-state index in [0.717, 1.165) is 13.0 Å². The average Bonchev–Trinajstić information content (AvgIpc) is 3.07. The van der Waals surface area contributed by atoms with Gasteiger partial charge in [-0.2, -0.15) is 0 Å². The number of rotatable bonds is 12. The van der Waals surface area contributed by atoms with Crippen LogP contribution >= 0.6 is 0 Å². The summed E-state index contributed by atoms with van der Waals surface area (Å²) in [5, 5.41) is 40.5. The molecule has 1 amide bonds. The van der Waals surface area contributed by atoms with E-state index >= 15 is 0 Å². The number of aliphatic hydroxyl groups is 3. The monoisotopic (exact) mass is 745 g/mol. The van der Waals surface area contributed by atoms with Crippen LogP contribution in [0.5, 0.6) is 0 Å². The molecule has 0 radical (unpaired) electrons. The number of esters is 2. The quantitative estimate of drug-likeness (QED) is 0.144.